The molecule has 0 N–H and O–H groups in total. The number of piperazine rings is 1. The minimum atomic E-state index is 0.0753. The lowest BCUT2D eigenvalue weighted by Gasteiger charge is -2.35. The van der Waals surface area contributed by atoms with E-state index < -0.39 is 0 Å². The molecule has 1 aromatic heterocycles. The van der Waals surface area contributed by atoms with Crippen LogP contribution in [0, 0.1) is 5.92 Å². The molecule has 0 spiro atoms. The van der Waals surface area contributed by atoms with Gasteiger partial charge in [0.2, 0.25) is 17.7 Å². The van der Waals surface area contributed by atoms with Crippen LogP contribution in [0.25, 0.3) is 11.5 Å². The lowest BCUT2D eigenvalue weighted by Crippen LogP contribution is -2.50. The van der Waals surface area contributed by atoms with Crippen LogP contribution < -0.4 is 0 Å². The average molecular weight is 328 g/mol. The molecule has 6 heteroatoms. The van der Waals surface area contributed by atoms with Gasteiger partial charge in [0.15, 0.2) is 0 Å². The minimum absolute atomic E-state index is 0.0753. The first-order valence-electron chi connectivity index (χ1n) is 8.52. The lowest BCUT2D eigenvalue weighted by atomic mass is 10.1. The third-order valence-corrected chi connectivity index (χ3v) is 4.31. The van der Waals surface area contributed by atoms with Crippen molar-refractivity contribution in [2.24, 2.45) is 5.92 Å². The Morgan fingerprint density at radius 1 is 1.12 bits per heavy atom. The highest BCUT2D eigenvalue weighted by atomic mass is 16.4. The van der Waals surface area contributed by atoms with E-state index in [9.17, 15) is 4.79 Å². The molecule has 0 radical (unpaired) electrons. The summed E-state index contributed by atoms with van der Waals surface area (Å²) >= 11 is 0. The molecular weight excluding hydrogens is 304 g/mol. The first-order valence-corrected chi connectivity index (χ1v) is 8.52. The largest absolute Gasteiger partial charge is 0.421 e. The predicted molar refractivity (Wildman–Crippen MR) is 91.3 cm³/mol. The number of rotatable bonds is 5. The molecule has 1 aromatic carbocycles. The van der Waals surface area contributed by atoms with Crippen molar-refractivity contribution < 1.29 is 9.21 Å². The Hall–Kier alpha value is -2.21. The summed E-state index contributed by atoms with van der Waals surface area (Å²) in [6, 6.07) is 9.79. The lowest BCUT2D eigenvalue weighted by molar-refractivity contribution is -0.136. The summed E-state index contributed by atoms with van der Waals surface area (Å²) in [5, 5.41) is 8.25. The molecule has 2 heterocycles. The van der Waals surface area contributed by atoms with Crippen LogP contribution >= 0.6 is 0 Å². The van der Waals surface area contributed by atoms with E-state index in [1.165, 1.54) is 0 Å². The van der Waals surface area contributed by atoms with Crippen molar-refractivity contribution >= 4 is 5.91 Å². The number of aromatic nitrogens is 2. The molecule has 6 nitrogen and oxygen atoms in total. The fourth-order valence-electron chi connectivity index (χ4n) is 2.86. The molecule has 0 saturated carbocycles. The van der Waals surface area contributed by atoms with Gasteiger partial charge in [-0.1, -0.05) is 32.0 Å². The number of hydrogen-bond acceptors (Lipinski definition) is 5. The zero-order valence-corrected chi connectivity index (χ0v) is 14.3. The van der Waals surface area contributed by atoms with Crippen LogP contribution in [-0.4, -0.2) is 58.6 Å². The molecule has 3 rings (SSSR count). The molecule has 1 aliphatic heterocycles. The maximum absolute atomic E-state index is 12.0. The van der Waals surface area contributed by atoms with E-state index in [-0.39, 0.29) is 11.8 Å². The van der Waals surface area contributed by atoms with Gasteiger partial charge in [-0.3, -0.25) is 9.69 Å². The second-order valence-electron chi connectivity index (χ2n) is 6.44. The number of carbonyl (C=O) groups excluding carboxylic acids is 1. The van der Waals surface area contributed by atoms with Gasteiger partial charge < -0.3 is 9.32 Å². The Labute approximate surface area is 142 Å². The van der Waals surface area contributed by atoms with Crippen molar-refractivity contribution in [3.63, 3.8) is 0 Å². The van der Waals surface area contributed by atoms with Gasteiger partial charge >= 0.3 is 0 Å². The van der Waals surface area contributed by atoms with Gasteiger partial charge in [0.1, 0.15) is 0 Å². The van der Waals surface area contributed by atoms with E-state index in [0.29, 0.717) is 11.8 Å². The zero-order valence-electron chi connectivity index (χ0n) is 14.3. The van der Waals surface area contributed by atoms with Crippen molar-refractivity contribution in [2.75, 3.05) is 32.7 Å². The van der Waals surface area contributed by atoms with Crippen molar-refractivity contribution in [1.82, 2.24) is 20.0 Å². The van der Waals surface area contributed by atoms with E-state index in [1.54, 1.807) is 0 Å². The van der Waals surface area contributed by atoms with E-state index in [0.717, 1.165) is 44.7 Å². The van der Waals surface area contributed by atoms with Gasteiger partial charge in [-0.25, -0.2) is 0 Å². The molecule has 1 aliphatic rings. The van der Waals surface area contributed by atoms with Crippen molar-refractivity contribution in [3.8, 4) is 11.5 Å². The topological polar surface area (TPSA) is 62.5 Å². The molecule has 128 valence electrons. The zero-order chi connectivity index (χ0) is 16.9. The molecule has 0 bridgehead atoms. The van der Waals surface area contributed by atoms with Gasteiger partial charge in [-0.05, 0) is 12.1 Å². The molecule has 0 aliphatic carbocycles. The summed E-state index contributed by atoms with van der Waals surface area (Å²) in [4.78, 5) is 16.3. The summed E-state index contributed by atoms with van der Waals surface area (Å²) < 4.78 is 5.74. The smallest absolute Gasteiger partial charge is 0.247 e. The van der Waals surface area contributed by atoms with Crippen LogP contribution in [0.15, 0.2) is 34.7 Å². The van der Waals surface area contributed by atoms with Gasteiger partial charge in [0.25, 0.3) is 0 Å². The van der Waals surface area contributed by atoms with E-state index in [1.807, 2.05) is 49.1 Å². The van der Waals surface area contributed by atoms with Gasteiger partial charge in [-0.2, -0.15) is 0 Å². The predicted octanol–water partition coefficient (Wildman–Crippen LogP) is 2.08. The monoisotopic (exact) mass is 328 g/mol. The van der Waals surface area contributed by atoms with E-state index in [2.05, 4.69) is 15.1 Å². The van der Waals surface area contributed by atoms with Gasteiger partial charge in [-0.15, -0.1) is 10.2 Å². The fraction of sp³-hybridized carbons (Fsp3) is 0.500. The van der Waals surface area contributed by atoms with Crippen LogP contribution in [0.4, 0.5) is 0 Å². The van der Waals surface area contributed by atoms with Crippen LogP contribution in [-0.2, 0) is 11.2 Å². The van der Waals surface area contributed by atoms with Crippen LogP contribution in [0.5, 0.6) is 0 Å². The Morgan fingerprint density at radius 2 is 1.83 bits per heavy atom. The Kier molecular flexibility index (Phi) is 5.25. The van der Waals surface area contributed by atoms with Crippen molar-refractivity contribution in [2.45, 2.75) is 20.3 Å². The second-order valence-corrected chi connectivity index (χ2v) is 6.44. The summed E-state index contributed by atoms with van der Waals surface area (Å²) in [5.74, 6) is 1.55. The number of carbonyl (C=O) groups is 1. The minimum Gasteiger partial charge on any atom is -0.421 e. The number of benzene rings is 1. The highest BCUT2D eigenvalue weighted by Crippen LogP contribution is 2.17. The SMILES string of the molecule is CC(C)C(=O)N1CCN(CCc2nnc(-c3ccccc3)o2)CC1. The highest BCUT2D eigenvalue weighted by Gasteiger charge is 2.22. The first-order chi connectivity index (χ1) is 11.6. The summed E-state index contributed by atoms with van der Waals surface area (Å²) in [5.41, 5.74) is 0.942. The second kappa shape index (κ2) is 7.57. The molecule has 0 atom stereocenters. The average Bonchev–Trinajstić information content (AvgIpc) is 3.09. The normalized spacial score (nSPS) is 15.9. The van der Waals surface area contributed by atoms with Crippen LogP contribution in [0.3, 0.4) is 0 Å². The molecule has 1 amide bonds. The van der Waals surface area contributed by atoms with Gasteiger partial charge in [0, 0.05) is 50.6 Å². The fourth-order valence-corrected chi connectivity index (χ4v) is 2.86. The Balaban J connectivity index is 1.48. The Morgan fingerprint density at radius 3 is 2.50 bits per heavy atom. The van der Waals surface area contributed by atoms with Gasteiger partial charge in [0.05, 0.1) is 0 Å². The third-order valence-electron chi connectivity index (χ3n) is 4.31. The van der Waals surface area contributed by atoms with E-state index >= 15 is 0 Å². The summed E-state index contributed by atoms with van der Waals surface area (Å²) in [6.07, 6.45) is 0.734. The number of nitrogens with zero attached hydrogens (tertiary/aromatic N) is 4. The highest BCUT2D eigenvalue weighted by molar-refractivity contribution is 5.78. The van der Waals surface area contributed by atoms with Crippen molar-refractivity contribution in [3.05, 3.63) is 36.2 Å². The van der Waals surface area contributed by atoms with E-state index in [4.69, 9.17) is 4.42 Å². The Bertz CT molecular complexity index is 661. The maximum Gasteiger partial charge on any atom is 0.247 e. The first kappa shape index (κ1) is 16.6. The molecule has 1 saturated heterocycles. The number of hydrogen-bond donors (Lipinski definition) is 0. The number of amides is 1. The van der Waals surface area contributed by atoms with Crippen molar-refractivity contribution in [1.29, 1.82) is 0 Å². The maximum atomic E-state index is 12.0. The molecule has 2 aromatic rings. The molecular formula is C18H24N4O2. The van der Waals surface area contributed by atoms with Crippen LogP contribution in [0.1, 0.15) is 19.7 Å². The quantitative estimate of drug-likeness (QED) is 0.841. The molecule has 0 unspecified atom stereocenters. The third kappa shape index (κ3) is 4.00. The summed E-state index contributed by atoms with van der Waals surface area (Å²) in [6.45, 7) is 8.19. The molecule has 24 heavy (non-hydrogen) atoms. The van der Waals surface area contributed by atoms with Crippen LogP contribution in [0.2, 0.25) is 0 Å². The molecule has 1 fully saturated rings. The standard InChI is InChI=1S/C18H24N4O2/c1-14(2)18(23)22-12-10-21(11-13-22)9-8-16-19-20-17(24-16)15-6-4-3-5-7-15/h3-7,14H,8-13H2,1-2H3. The summed E-state index contributed by atoms with van der Waals surface area (Å²) in [7, 11) is 0.